The van der Waals surface area contributed by atoms with Crippen LogP contribution in [0.5, 0.6) is 0 Å². The second-order valence-corrected chi connectivity index (χ2v) is 10.5. The van der Waals surface area contributed by atoms with Crippen LogP contribution in [0.3, 0.4) is 0 Å². The maximum atomic E-state index is 11.4. The fourth-order valence-corrected chi connectivity index (χ4v) is 4.66. The lowest BCUT2D eigenvalue weighted by Gasteiger charge is -2.51. The van der Waals surface area contributed by atoms with Crippen molar-refractivity contribution in [3.8, 4) is 0 Å². The molecule has 5 heteroatoms. The summed E-state index contributed by atoms with van der Waals surface area (Å²) in [7, 11) is -2.85. The summed E-state index contributed by atoms with van der Waals surface area (Å²) in [6.45, 7) is 9.88. The highest BCUT2D eigenvalue weighted by Crippen LogP contribution is 2.36. The predicted molar refractivity (Wildman–Crippen MR) is 88.3 cm³/mol. The largest absolute Gasteiger partial charge is 0.308 e. The van der Waals surface area contributed by atoms with E-state index in [-0.39, 0.29) is 5.41 Å². The molecule has 21 heavy (non-hydrogen) atoms. The van der Waals surface area contributed by atoms with E-state index in [0.29, 0.717) is 17.3 Å². The molecule has 1 atom stereocenters. The van der Waals surface area contributed by atoms with Crippen molar-refractivity contribution >= 4 is 9.84 Å². The van der Waals surface area contributed by atoms with Gasteiger partial charge in [-0.1, -0.05) is 33.6 Å². The molecule has 1 spiro atoms. The lowest BCUT2D eigenvalue weighted by Crippen LogP contribution is -2.66. The van der Waals surface area contributed by atoms with Gasteiger partial charge in [0.05, 0.1) is 5.75 Å². The Morgan fingerprint density at radius 3 is 2.38 bits per heavy atom. The zero-order valence-corrected chi connectivity index (χ0v) is 14.9. The average Bonchev–Trinajstić information content (AvgIpc) is 2.74. The molecule has 1 heterocycles. The van der Waals surface area contributed by atoms with E-state index in [1.807, 2.05) is 0 Å². The smallest absolute Gasteiger partial charge is 0.147 e. The van der Waals surface area contributed by atoms with Gasteiger partial charge in [0.15, 0.2) is 0 Å². The van der Waals surface area contributed by atoms with E-state index < -0.39 is 9.84 Å². The monoisotopic (exact) mass is 316 g/mol. The zero-order chi connectivity index (χ0) is 15.7. The molecule has 2 rings (SSSR count). The van der Waals surface area contributed by atoms with E-state index in [1.54, 1.807) is 0 Å². The van der Waals surface area contributed by atoms with Crippen molar-refractivity contribution in [1.29, 1.82) is 0 Å². The van der Waals surface area contributed by atoms with Gasteiger partial charge in [-0.25, -0.2) is 8.42 Å². The number of piperazine rings is 1. The van der Waals surface area contributed by atoms with Gasteiger partial charge in [0.1, 0.15) is 9.84 Å². The fourth-order valence-electron chi connectivity index (χ4n) is 4.00. The summed E-state index contributed by atoms with van der Waals surface area (Å²) in [6, 6.07) is 0.489. The van der Waals surface area contributed by atoms with Crippen molar-refractivity contribution in [1.82, 2.24) is 10.2 Å². The van der Waals surface area contributed by atoms with Crippen LogP contribution in [0.1, 0.15) is 52.9 Å². The minimum atomic E-state index is -2.85. The summed E-state index contributed by atoms with van der Waals surface area (Å²) in [6.07, 6.45) is 7.28. The van der Waals surface area contributed by atoms with Gasteiger partial charge in [-0.05, 0) is 31.2 Å². The maximum Gasteiger partial charge on any atom is 0.147 e. The molecule has 0 aromatic carbocycles. The second-order valence-electron chi connectivity index (χ2n) is 8.20. The molecule has 4 nitrogen and oxygen atoms in total. The minimum absolute atomic E-state index is 0.221. The lowest BCUT2D eigenvalue weighted by atomic mass is 9.81. The highest BCUT2D eigenvalue weighted by atomic mass is 32.2. The normalized spacial score (nSPS) is 27.3. The minimum Gasteiger partial charge on any atom is -0.308 e. The van der Waals surface area contributed by atoms with Gasteiger partial charge in [0, 0.05) is 30.9 Å². The van der Waals surface area contributed by atoms with E-state index in [4.69, 9.17) is 0 Å². The molecule has 0 bridgehead atoms. The van der Waals surface area contributed by atoms with Crippen molar-refractivity contribution < 1.29 is 8.42 Å². The highest BCUT2D eigenvalue weighted by molar-refractivity contribution is 7.90. The van der Waals surface area contributed by atoms with E-state index >= 15 is 0 Å². The zero-order valence-electron chi connectivity index (χ0n) is 14.1. The molecule has 1 aliphatic carbocycles. The first kappa shape index (κ1) is 17.2. The number of rotatable bonds is 4. The van der Waals surface area contributed by atoms with Crippen LogP contribution in [0.15, 0.2) is 0 Å². The number of nitrogens with one attached hydrogen (secondary N) is 1. The second kappa shape index (κ2) is 6.17. The molecule has 124 valence electrons. The van der Waals surface area contributed by atoms with Gasteiger partial charge < -0.3 is 5.32 Å². The predicted octanol–water partition coefficient (Wildman–Crippen LogP) is 2.05. The van der Waals surface area contributed by atoms with Crippen molar-refractivity contribution in [3.05, 3.63) is 0 Å². The molecule has 2 fully saturated rings. The molecule has 1 unspecified atom stereocenters. The van der Waals surface area contributed by atoms with Crippen molar-refractivity contribution in [3.63, 3.8) is 0 Å². The third kappa shape index (κ3) is 4.67. The molecule has 0 radical (unpaired) electrons. The summed E-state index contributed by atoms with van der Waals surface area (Å²) in [5.74, 6) is 0.306. The summed E-state index contributed by atoms with van der Waals surface area (Å²) in [5, 5.41) is 3.83. The topological polar surface area (TPSA) is 49.4 Å². The van der Waals surface area contributed by atoms with Crippen LogP contribution in [-0.2, 0) is 9.84 Å². The van der Waals surface area contributed by atoms with E-state index in [9.17, 15) is 8.42 Å². The van der Waals surface area contributed by atoms with Crippen LogP contribution in [0.4, 0.5) is 0 Å². The molecule has 2 aliphatic rings. The Bertz CT molecular complexity index is 447. The number of sulfone groups is 1. The molecular formula is C16H32N2O2S. The molecule has 0 amide bonds. The van der Waals surface area contributed by atoms with Crippen LogP contribution >= 0.6 is 0 Å². The van der Waals surface area contributed by atoms with Crippen molar-refractivity contribution in [2.45, 2.75) is 64.5 Å². The average molecular weight is 317 g/mol. The molecule has 1 aliphatic heterocycles. The van der Waals surface area contributed by atoms with E-state index in [0.717, 1.165) is 26.1 Å². The third-order valence-corrected chi connectivity index (χ3v) is 6.17. The molecule has 1 N–H and O–H groups in total. The Balaban J connectivity index is 2.02. The Labute approximate surface area is 130 Å². The molecular weight excluding hydrogens is 284 g/mol. The number of hydrogen-bond donors (Lipinski definition) is 1. The number of nitrogens with zero attached hydrogens (tertiary/aromatic N) is 1. The van der Waals surface area contributed by atoms with Gasteiger partial charge in [0.25, 0.3) is 0 Å². The Morgan fingerprint density at radius 1 is 1.24 bits per heavy atom. The Hall–Kier alpha value is -0.130. The van der Waals surface area contributed by atoms with Gasteiger partial charge in [-0.15, -0.1) is 0 Å². The molecule has 0 aromatic heterocycles. The first-order valence-electron chi connectivity index (χ1n) is 8.28. The van der Waals surface area contributed by atoms with Gasteiger partial charge in [-0.3, -0.25) is 4.90 Å². The van der Waals surface area contributed by atoms with Crippen LogP contribution < -0.4 is 5.32 Å². The SMILES string of the molecule is CC(C)(C)C1CNC2(CCCC2)CN1CCCS(C)(=O)=O. The van der Waals surface area contributed by atoms with Crippen molar-refractivity contribution in [2.75, 3.05) is 31.6 Å². The van der Waals surface area contributed by atoms with E-state index in [1.165, 1.54) is 31.9 Å². The lowest BCUT2D eigenvalue weighted by molar-refractivity contribution is 0.0241. The fraction of sp³-hybridized carbons (Fsp3) is 1.00. The summed E-state index contributed by atoms with van der Waals surface area (Å²) >= 11 is 0. The van der Waals surface area contributed by atoms with Gasteiger partial charge in [-0.2, -0.15) is 0 Å². The standard InChI is InChI=1S/C16H32N2O2S/c1-15(2,3)14-12-17-16(8-5-6-9-16)13-18(14)10-7-11-21(4,19)20/h14,17H,5-13H2,1-4H3. The van der Waals surface area contributed by atoms with Crippen LogP contribution in [0, 0.1) is 5.41 Å². The first-order chi connectivity index (χ1) is 9.61. The Kier molecular flexibility index (Phi) is 5.06. The first-order valence-corrected chi connectivity index (χ1v) is 10.3. The van der Waals surface area contributed by atoms with Gasteiger partial charge >= 0.3 is 0 Å². The number of hydrogen-bond acceptors (Lipinski definition) is 4. The third-order valence-electron chi connectivity index (χ3n) is 5.14. The maximum absolute atomic E-state index is 11.4. The molecule has 1 saturated heterocycles. The Morgan fingerprint density at radius 2 is 1.86 bits per heavy atom. The van der Waals surface area contributed by atoms with Gasteiger partial charge in [0.2, 0.25) is 0 Å². The quantitative estimate of drug-likeness (QED) is 0.862. The summed E-state index contributed by atoms with van der Waals surface area (Å²) < 4.78 is 22.7. The van der Waals surface area contributed by atoms with Crippen molar-refractivity contribution in [2.24, 2.45) is 5.41 Å². The van der Waals surface area contributed by atoms with Crippen LogP contribution in [-0.4, -0.2) is 56.5 Å². The summed E-state index contributed by atoms with van der Waals surface area (Å²) in [5.41, 5.74) is 0.519. The molecule has 1 saturated carbocycles. The van der Waals surface area contributed by atoms with Crippen LogP contribution in [0.2, 0.25) is 0 Å². The molecule has 0 aromatic rings. The summed E-state index contributed by atoms with van der Waals surface area (Å²) in [4.78, 5) is 2.56. The van der Waals surface area contributed by atoms with E-state index in [2.05, 4.69) is 31.0 Å². The van der Waals surface area contributed by atoms with Crippen LogP contribution in [0.25, 0.3) is 0 Å². The highest BCUT2D eigenvalue weighted by Gasteiger charge is 2.43.